The van der Waals surface area contributed by atoms with Crippen molar-refractivity contribution in [2.24, 2.45) is 0 Å². The van der Waals surface area contributed by atoms with Crippen LogP contribution < -0.4 is 5.43 Å². The van der Waals surface area contributed by atoms with Crippen LogP contribution in [0.25, 0.3) is 22.0 Å². The first kappa shape index (κ1) is 19.7. The molecule has 0 bridgehead atoms. The molecule has 150 valence electrons. The number of nitrogens with zero attached hydrogens (tertiary/aromatic N) is 1. The highest BCUT2D eigenvalue weighted by atomic mass is 32.2. The molecule has 0 saturated carbocycles. The third-order valence-electron chi connectivity index (χ3n) is 4.95. The Morgan fingerprint density at radius 1 is 1.24 bits per heavy atom. The van der Waals surface area contributed by atoms with Crippen LogP contribution in [0, 0.1) is 5.82 Å². The van der Waals surface area contributed by atoms with Crippen molar-refractivity contribution in [3.8, 4) is 11.1 Å². The van der Waals surface area contributed by atoms with Crippen molar-refractivity contribution >= 4 is 28.6 Å². The summed E-state index contributed by atoms with van der Waals surface area (Å²) in [7, 11) is 1.62. The molecular formula is C22H20FNO4S. The van der Waals surface area contributed by atoms with E-state index >= 15 is 0 Å². The lowest BCUT2D eigenvalue weighted by Gasteiger charge is -2.33. The van der Waals surface area contributed by atoms with E-state index < -0.39 is 17.2 Å². The Hall–Kier alpha value is -2.64. The average Bonchev–Trinajstić information content (AvgIpc) is 2.69. The van der Waals surface area contributed by atoms with Crippen LogP contribution in [0.1, 0.15) is 35.1 Å². The number of hydrogen-bond acceptors (Lipinski definition) is 5. The van der Waals surface area contributed by atoms with E-state index in [9.17, 15) is 14.0 Å². The van der Waals surface area contributed by atoms with Crippen molar-refractivity contribution in [1.82, 2.24) is 4.57 Å². The molecule has 1 unspecified atom stereocenters. The van der Waals surface area contributed by atoms with Crippen LogP contribution in [0.3, 0.4) is 0 Å². The van der Waals surface area contributed by atoms with Gasteiger partial charge in [-0.25, -0.2) is 9.18 Å². The largest absolute Gasteiger partial charge is 0.462 e. The zero-order valence-corrected chi connectivity index (χ0v) is 17.1. The number of benzene rings is 2. The van der Waals surface area contributed by atoms with E-state index in [2.05, 4.69) is 0 Å². The lowest BCUT2D eigenvalue weighted by atomic mass is 10.0. The highest BCUT2D eigenvalue weighted by Gasteiger charge is 2.33. The van der Waals surface area contributed by atoms with Crippen molar-refractivity contribution in [3.63, 3.8) is 0 Å². The quantitative estimate of drug-likeness (QED) is 0.565. The molecular weight excluding hydrogens is 393 g/mol. The van der Waals surface area contributed by atoms with Gasteiger partial charge in [0.15, 0.2) is 0 Å². The number of aromatic nitrogens is 1. The van der Waals surface area contributed by atoms with Crippen LogP contribution >= 0.6 is 11.8 Å². The number of thioether (sulfide) groups is 1. The fraction of sp³-hybridized carbons (Fsp3) is 0.273. The highest BCUT2D eigenvalue weighted by Crippen LogP contribution is 2.46. The van der Waals surface area contributed by atoms with E-state index in [-0.39, 0.29) is 22.9 Å². The van der Waals surface area contributed by atoms with Crippen LogP contribution in [0.5, 0.6) is 0 Å². The summed E-state index contributed by atoms with van der Waals surface area (Å²) in [6.07, 6.45) is 0. The summed E-state index contributed by atoms with van der Waals surface area (Å²) in [6.45, 7) is 4.30. The molecule has 0 spiro atoms. The molecule has 0 N–H and O–H groups in total. The average molecular weight is 413 g/mol. The predicted octanol–water partition coefficient (Wildman–Crippen LogP) is 4.75. The number of esters is 1. The number of fused-ring (bicyclic) bond motifs is 3. The van der Waals surface area contributed by atoms with E-state index in [0.29, 0.717) is 28.3 Å². The molecule has 1 aliphatic heterocycles. The van der Waals surface area contributed by atoms with Gasteiger partial charge < -0.3 is 14.0 Å². The molecule has 0 saturated heterocycles. The molecule has 3 aromatic rings. The number of hydrogen-bond donors (Lipinski definition) is 0. The van der Waals surface area contributed by atoms with Gasteiger partial charge in [0.2, 0.25) is 5.43 Å². The normalized spacial score (nSPS) is 15.1. The molecule has 0 radical (unpaired) electrons. The molecule has 4 rings (SSSR count). The van der Waals surface area contributed by atoms with E-state index in [1.165, 1.54) is 17.8 Å². The molecule has 0 amide bonds. The Morgan fingerprint density at radius 3 is 2.59 bits per heavy atom. The summed E-state index contributed by atoms with van der Waals surface area (Å²) >= 11 is 1.43. The van der Waals surface area contributed by atoms with Gasteiger partial charge in [0.05, 0.1) is 29.1 Å². The van der Waals surface area contributed by atoms with Crippen LogP contribution in [0.2, 0.25) is 0 Å². The number of ether oxygens (including phenoxy) is 2. The number of pyridine rings is 1. The Balaban J connectivity index is 1.91. The fourth-order valence-corrected chi connectivity index (χ4v) is 4.75. The Kier molecular flexibility index (Phi) is 5.19. The second kappa shape index (κ2) is 7.65. The lowest BCUT2D eigenvalue weighted by Crippen LogP contribution is -2.29. The topological polar surface area (TPSA) is 57.5 Å². The Bertz CT molecular complexity index is 1170. The second-order valence-electron chi connectivity index (χ2n) is 6.80. The fourth-order valence-electron chi connectivity index (χ4n) is 3.60. The van der Waals surface area contributed by atoms with Crippen LogP contribution in [0.4, 0.5) is 4.39 Å². The summed E-state index contributed by atoms with van der Waals surface area (Å²) in [5.41, 5.74) is 2.20. The summed E-state index contributed by atoms with van der Waals surface area (Å²) < 4.78 is 27.0. The van der Waals surface area contributed by atoms with Crippen molar-refractivity contribution < 1.29 is 18.7 Å². The highest BCUT2D eigenvalue weighted by molar-refractivity contribution is 8.00. The van der Waals surface area contributed by atoms with Crippen molar-refractivity contribution in [2.45, 2.75) is 30.9 Å². The van der Waals surface area contributed by atoms with E-state index in [4.69, 9.17) is 9.47 Å². The van der Waals surface area contributed by atoms with Crippen molar-refractivity contribution in [2.75, 3.05) is 13.7 Å². The van der Waals surface area contributed by atoms with Gasteiger partial charge >= 0.3 is 5.97 Å². The maximum Gasteiger partial charge on any atom is 0.344 e. The standard InChI is InChI=1S/C22H20FNO4S/c1-4-28-22(26)19-20(25)16-9-17(23)15(10-18(16)24-12(2)29-21(19)24)14-7-5-13(6-8-14)11-27-3/h5-10,12H,4,11H2,1-3H3. The number of rotatable bonds is 5. The summed E-state index contributed by atoms with van der Waals surface area (Å²) in [5.74, 6) is -1.18. The Labute approximate surface area is 171 Å². The van der Waals surface area contributed by atoms with E-state index in [1.54, 1.807) is 20.1 Å². The maximum absolute atomic E-state index is 15.0. The molecule has 1 aliphatic rings. The molecule has 1 atom stereocenters. The Morgan fingerprint density at radius 2 is 1.97 bits per heavy atom. The first-order valence-electron chi connectivity index (χ1n) is 9.30. The number of halogens is 1. The van der Waals surface area contributed by atoms with Gasteiger partial charge in [0.1, 0.15) is 11.4 Å². The van der Waals surface area contributed by atoms with Crippen molar-refractivity contribution in [1.29, 1.82) is 0 Å². The zero-order chi connectivity index (χ0) is 20.7. The molecule has 29 heavy (non-hydrogen) atoms. The van der Waals surface area contributed by atoms with Gasteiger partial charge in [-0.1, -0.05) is 36.0 Å². The minimum Gasteiger partial charge on any atom is -0.462 e. The molecule has 7 heteroatoms. The predicted molar refractivity (Wildman–Crippen MR) is 111 cm³/mol. The molecule has 1 aromatic heterocycles. The summed E-state index contributed by atoms with van der Waals surface area (Å²) in [5, 5.41) is 0.784. The van der Waals surface area contributed by atoms with E-state index in [1.807, 2.05) is 35.8 Å². The summed E-state index contributed by atoms with van der Waals surface area (Å²) in [4.78, 5) is 25.3. The lowest BCUT2D eigenvalue weighted by molar-refractivity contribution is 0.0518. The number of methoxy groups -OCH3 is 1. The van der Waals surface area contributed by atoms with Crippen LogP contribution in [-0.2, 0) is 16.1 Å². The van der Waals surface area contributed by atoms with Gasteiger partial charge in [-0.15, -0.1) is 0 Å². The van der Waals surface area contributed by atoms with Gasteiger partial charge in [-0.2, -0.15) is 0 Å². The first-order valence-corrected chi connectivity index (χ1v) is 10.2. The zero-order valence-electron chi connectivity index (χ0n) is 16.3. The maximum atomic E-state index is 15.0. The SMILES string of the molecule is CCOC(=O)c1c2n(c3cc(-c4ccc(COC)cc4)c(F)cc3c1=O)C(C)S2. The van der Waals surface area contributed by atoms with Gasteiger partial charge in [0.25, 0.3) is 0 Å². The van der Waals surface area contributed by atoms with Gasteiger partial charge in [-0.05, 0) is 37.1 Å². The summed E-state index contributed by atoms with van der Waals surface area (Å²) in [6, 6.07) is 10.3. The van der Waals surface area contributed by atoms with E-state index in [0.717, 1.165) is 5.56 Å². The number of carbonyl (C=O) groups is 1. The van der Waals surface area contributed by atoms with Crippen LogP contribution in [0.15, 0.2) is 46.2 Å². The third kappa shape index (κ3) is 3.24. The van der Waals surface area contributed by atoms with Gasteiger partial charge in [0, 0.05) is 18.1 Å². The minimum absolute atomic E-state index is 0.0153. The molecule has 0 fully saturated rings. The molecule has 2 heterocycles. The first-order chi connectivity index (χ1) is 14.0. The van der Waals surface area contributed by atoms with Crippen molar-refractivity contribution in [3.05, 3.63) is 63.6 Å². The minimum atomic E-state index is -0.666. The monoisotopic (exact) mass is 413 g/mol. The second-order valence-corrected chi connectivity index (χ2v) is 8.10. The molecule has 5 nitrogen and oxygen atoms in total. The molecule has 2 aromatic carbocycles. The van der Waals surface area contributed by atoms with Gasteiger partial charge in [-0.3, -0.25) is 4.79 Å². The van der Waals surface area contributed by atoms with Crippen LogP contribution in [-0.4, -0.2) is 24.3 Å². The molecule has 0 aliphatic carbocycles. The third-order valence-corrected chi connectivity index (χ3v) is 6.13. The number of carbonyl (C=O) groups excluding carboxylic acids is 1. The smallest absolute Gasteiger partial charge is 0.344 e.